The van der Waals surface area contributed by atoms with Gasteiger partial charge in [0.15, 0.2) is 0 Å². The fraction of sp³-hybridized carbons (Fsp3) is 0.150. The molecular formula is C20H15N5. The SMILES string of the molecule is CC(C)n1cc(C#N)c2cccc(C#Cc3ncnc4[nH]ccc34)c21. The van der Waals surface area contributed by atoms with Crippen LogP contribution < -0.4 is 0 Å². The van der Waals surface area contributed by atoms with Crippen LogP contribution >= 0.6 is 0 Å². The standard InChI is InChI=1S/C20H15N5/c1-13(2)25-11-15(10-21)16-5-3-4-14(19(16)25)6-7-18-17-8-9-22-20(17)24-12-23-18/h3-5,8-9,11-13H,1-2H3,(H,22,23,24). The van der Waals surface area contributed by atoms with E-state index in [4.69, 9.17) is 0 Å². The molecule has 0 spiro atoms. The molecule has 3 heterocycles. The first-order chi connectivity index (χ1) is 12.2. The summed E-state index contributed by atoms with van der Waals surface area (Å²) in [6.45, 7) is 4.19. The highest BCUT2D eigenvalue weighted by atomic mass is 15.0. The molecule has 0 amide bonds. The fourth-order valence-electron chi connectivity index (χ4n) is 3.01. The number of hydrogen-bond donors (Lipinski definition) is 1. The molecule has 0 atom stereocenters. The molecule has 0 aliphatic rings. The maximum atomic E-state index is 9.40. The molecule has 25 heavy (non-hydrogen) atoms. The van der Waals surface area contributed by atoms with Crippen molar-refractivity contribution in [3.05, 3.63) is 59.8 Å². The summed E-state index contributed by atoms with van der Waals surface area (Å²) in [5.41, 5.74) is 4.00. The Morgan fingerprint density at radius 2 is 1.96 bits per heavy atom. The molecule has 0 saturated heterocycles. The average molecular weight is 325 g/mol. The molecule has 0 unspecified atom stereocenters. The van der Waals surface area contributed by atoms with E-state index in [0.717, 1.165) is 27.5 Å². The minimum absolute atomic E-state index is 0.239. The third kappa shape index (κ3) is 2.43. The van der Waals surface area contributed by atoms with Gasteiger partial charge in [0, 0.05) is 29.4 Å². The predicted molar refractivity (Wildman–Crippen MR) is 96.9 cm³/mol. The van der Waals surface area contributed by atoms with Crippen LogP contribution in [0.4, 0.5) is 0 Å². The second-order valence-corrected chi connectivity index (χ2v) is 6.07. The minimum Gasteiger partial charge on any atom is -0.346 e. The van der Waals surface area contributed by atoms with Gasteiger partial charge in [0.1, 0.15) is 23.7 Å². The molecular weight excluding hydrogens is 310 g/mol. The Kier molecular flexibility index (Phi) is 3.48. The van der Waals surface area contributed by atoms with Crippen molar-refractivity contribution in [1.29, 1.82) is 5.26 Å². The molecule has 120 valence electrons. The van der Waals surface area contributed by atoms with E-state index in [1.165, 1.54) is 6.33 Å². The monoisotopic (exact) mass is 325 g/mol. The molecule has 0 radical (unpaired) electrons. The van der Waals surface area contributed by atoms with Crippen LogP contribution in [0, 0.1) is 23.2 Å². The first-order valence-electron chi connectivity index (χ1n) is 8.03. The van der Waals surface area contributed by atoms with Gasteiger partial charge in [0.2, 0.25) is 0 Å². The van der Waals surface area contributed by atoms with Crippen LogP contribution in [0.5, 0.6) is 0 Å². The minimum atomic E-state index is 0.239. The van der Waals surface area contributed by atoms with E-state index in [0.29, 0.717) is 11.3 Å². The van der Waals surface area contributed by atoms with Crippen LogP contribution in [0.1, 0.15) is 36.7 Å². The molecule has 4 rings (SSSR count). The van der Waals surface area contributed by atoms with Crippen LogP contribution in [-0.4, -0.2) is 19.5 Å². The second-order valence-electron chi connectivity index (χ2n) is 6.07. The maximum absolute atomic E-state index is 9.40. The number of rotatable bonds is 1. The second kappa shape index (κ2) is 5.81. The Hall–Kier alpha value is -3.57. The molecule has 0 bridgehead atoms. The number of nitrogens with zero attached hydrogens (tertiary/aromatic N) is 4. The molecule has 3 aromatic heterocycles. The third-order valence-corrected chi connectivity index (χ3v) is 4.20. The average Bonchev–Trinajstić information content (AvgIpc) is 3.24. The lowest BCUT2D eigenvalue weighted by Gasteiger charge is -2.10. The smallest absolute Gasteiger partial charge is 0.141 e. The van der Waals surface area contributed by atoms with Gasteiger partial charge < -0.3 is 9.55 Å². The lowest BCUT2D eigenvalue weighted by molar-refractivity contribution is 0.622. The van der Waals surface area contributed by atoms with Crippen LogP contribution in [0.2, 0.25) is 0 Å². The Morgan fingerprint density at radius 3 is 2.76 bits per heavy atom. The van der Waals surface area contributed by atoms with Gasteiger partial charge in [-0.3, -0.25) is 0 Å². The molecule has 5 heteroatoms. The quantitative estimate of drug-likeness (QED) is 0.542. The number of hydrogen-bond acceptors (Lipinski definition) is 3. The highest BCUT2D eigenvalue weighted by Gasteiger charge is 2.13. The highest BCUT2D eigenvalue weighted by molar-refractivity contribution is 5.91. The summed E-state index contributed by atoms with van der Waals surface area (Å²) in [6.07, 6.45) is 5.23. The van der Waals surface area contributed by atoms with Crippen LogP contribution in [-0.2, 0) is 0 Å². The normalized spacial score (nSPS) is 10.8. The Labute approximate surface area is 145 Å². The summed E-state index contributed by atoms with van der Waals surface area (Å²) < 4.78 is 2.10. The van der Waals surface area contributed by atoms with Crippen molar-refractivity contribution in [3.63, 3.8) is 0 Å². The van der Waals surface area contributed by atoms with Gasteiger partial charge in [-0.2, -0.15) is 5.26 Å². The molecule has 1 N–H and O–H groups in total. The van der Waals surface area contributed by atoms with E-state index in [1.54, 1.807) is 0 Å². The zero-order valence-corrected chi connectivity index (χ0v) is 13.9. The summed E-state index contributed by atoms with van der Waals surface area (Å²) in [4.78, 5) is 11.5. The number of benzene rings is 1. The maximum Gasteiger partial charge on any atom is 0.141 e. The van der Waals surface area contributed by atoms with Crippen molar-refractivity contribution >= 4 is 21.9 Å². The number of nitrogens with one attached hydrogen (secondary N) is 1. The molecule has 4 aromatic rings. The lowest BCUT2D eigenvalue weighted by Crippen LogP contribution is -1.99. The van der Waals surface area contributed by atoms with Crippen LogP contribution in [0.3, 0.4) is 0 Å². The van der Waals surface area contributed by atoms with Crippen molar-refractivity contribution in [2.24, 2.45) is 0 Å². The topological polar surface area (TPSA) is 70.3 Å². The van der Waals surface area contributed by atoms with Gasteiger partial charge in [0.05, 0.1) is 16.5 Å². The number of para-hydroxylation sites is 1. The zero-order chi connectivity index (χ0) is 17.4. The highest BCUT2D eigenvalue weighted by Crippen LogP contribution is 2.27. The van der Waals surface area contributed by atoms with E-state index >= 15 is 0 Å². The largest absolute Gasteiger partial charge is 0.346 e. The molecule has 0 fully saturated rings. The summed E-state index contributed by atoms with van der Waals surface area (Å²) in [5, 5.41) is 11.2. The molecule has 5 nitrogen and oxygen atoms in total. The van der Waals surface area contributed by atoms with E-state index in [1.807, 2.05) is 36.7 Å². The van der Waals surface area contributed by atoms with Crippen LogP contribution in [0.15, 0.2) is 43.0 Å². The van der Waals surface area contributed by atoms with E-state index in [-0.39, 0.29) is 6.04 Å². The van der Waals surface area contributed by atoms with Gasteiger partial charge in [-0.05, 0) is 31.9 Å². The zero-order valence-electron chi connectivity index (χ0n) is 13.9. The van der Waals surface area contributed by atoms with Crippen molar-refractivity contribution in [3.8, 4) is 17.9 Å². The summed E-state index contributed by atoms with van der Waals surface area (Å²) in [5.74, 6) is 6.39. The number of nitriles is 1. The molecule has 1 aromatic carbocycles. The number of aromatic nitrogens is 4. The Bertz CT molecular complexity index is 1190. The van der Waals surface area contributed by atoms with Crippen molar-refractivity contribution in [2.75, 3.05) is 0 Å². The summed E-state index contributed by atoms with van der Waals surface area (Å²) in [7, 11) is 0. The molecule has 0 aliphatic carbocycles. The molecule has 0 saturated carbocycles. The summed E-state index contributed by atoms with van der Waals surface area (Å²) in [6, 6.07) is 10.3. The third-order valence-electron chi connectivity index (χ3n) is 4.20. The Morgan fingerprint density at radius 1 is 1.08 bits per heavy atom. The number of fused-ring (bicyclic) bond motifs is 2. The summed E-state index contributed by atoms with van der Waals surface area (Å²) >= 11 is 0. The van der Waals surface area contributed by atoms with Gasteiger partial charge in [-0.25, -0.2) is 9.97 Å². The van der Waals surface area contributed by atoms with E-state index in [9.17, 15) is 5.26 Å². The van der Waals surface area contributed by atoms with Gasteiger partial charge >= 0.3 is 0 Å². The number of aromatic amines is 1. The van der Waals surface area contributed by atoms with Crippen molar-refractivity contribution in [1.82, 2.24) is 19.5 Å². The first kappa shape index (κ1) is 15.0. The Balaban J connectivity index is 1.93. The van der Waals surface area contributed by atoms with Gasteiger partial charge in [0.25, 0.3) is 0 Å². The predicted octanol–water partition coefficient (Wildman–Crippen LogP) is 3.76. The molecule has 0 aliphatic heterocycles. The first-order valence-corrected chi connectivity index (χ1v) is 8.03. The van der Waals surface area contributed by atoms with E-state index < -0.39 is 0 Å². The van der Waals surface area contributed by atoms with Crippen LogP contribution in [0.25, 0.3) is 21.9 Å². The number of H-pyrrole nitrogens is 1. The van der Waals surface area contributed by atoms with Gasteiger partial charge in [-0.1, -0.05) is 18.1 Å². The fourth-order valence-corrected chi connectivity index (χ4v) is 3.01. The lowest BCUT2D eigenvalue weighted by atomic mass is 10.1. The van der Waals surface area contributed by atoms with E-state index in [2.05, 4.69) is 51.3 Å². The van der Waals surface area contributed by atoms with Gasteiger partial charge in [-0.15, -0.1) is 0 Å². The van der Waals surface area contributed by atoms with Crippen molar-refractivity contribution < 1.29 is 0 Å². The van der Waals surface area contributed by atoms with Crippen molar-refractivity contribution in [2.45, 2.75) is 19.9 Å².